The van der Waals surface area contributed by atoms with Crippen molar-refractivity contribution in [2.45, 2.75) is 6.92 Å². The lowest BCUT2D eigenvalue weighted by Gasteiger charge is -2.07. The van der Waals surface area contributed by atoms with Gasteiger partial charge in [-0.2, -0.15) is 0 Å². The van der Waals surface area contributed by atoms with E-state index in [4.69, 9.17) is 11.6 Å². The Morgan fingerprint density at radius 3 is 2.95 bits per heavy atom. The van der Waals surface area contributed by atoms with Gasteiger partial charge in [-0.05, 0) is 31.2 Å². The average Bonchev–Trinajstić information content (AvgIpc) is 2.89. The molecule has 100 valence electrons. The van der Waals surface area contributed by atoms with E-state index in [2.05, 4.69) is 25.5 Å². The molecule has 0 spiro atoms. The SMILES string of the molecule is Cc1nc(C(=O)Nc2ccc(Cl)c3ncccc23)n[nH]1. The molecule has 0 aliphatic rings. The molecule has 0 fully saturated rings. The predicted octanol–water partition coefficient (Wildman–Crippen LogP) is 2.57. The lowest BCUT2D eigenvalue weighted by molar-refractivity contribution is 0.101. The van der Waals surface area contributed by atoms with E-state index in [1.54, 1.807) is 31.3 Å². The highest BCUT2D eigenvalue weighted by Crippen LogP contribution is 2.28. The number of pyridine rings is 1. The maximum absolute atomic E-state index is 12.0. The lowest BCUT2D eigenvalue weighted by atomic mass is 10.2. The third-order valence-electron chi connectivity index (χ3n) is 2.77. The number of rotatable bonds is 2. The van der Waals surface area contributed by atoms with Crippen molar-refractivity contribution in [1.29, 1.82) is 0 Å². The monoisotopic (exact) mass is 287 g/mol. The van der Waals surface area contributed by atoms with Crippen molar-refractivity contribution >= 4 is 34.1 Å². The maximum Gasteiger partial charge on any atom is 0.295 e. The molecule has 0 radical (unpaired) electrons. The zero-order valence-corrected chi connectivity index (χ0v) is 11.3. The molecule has 3 rings (SSSR count). The van der Waals surface area contributed by atoms with Crippen LogP contribution in [-0.4, -0.2) is 26.1 Å². The van der Waals surface area contributed by atoms with Crippen molar-refractivity contribution in [3.8, 4) is 0 Å². The number of nitrogens with one attached hydrogen (secondary N) is 2. The van der Waals surface area contributed by atoms with Gasteiger partial charge >= 0.3 is 0 Å². The number of halogens is 1. The largest absolute Gasteiger partial charge is 0.319 e. The molecule has 0 unspecified atom stereocenters. The summed E-state index contributed by atoms with van der Waals surface area (Å²) in [6, 6.07) is 7.04. The highest BCUT2D eigenvalue weighted by atomic mass is 35.5. The molecule has 2 N–H and O–H groups in total. The van der Waals surface area contributed by atoms with Gasteiger partial charge in [0.15, 0.2) is 0 Å². The third-order valence-corrected chi connectivity index (χ3v) is 3.07. The molecule has 2 aromatic heterocycles. The summed E-state index contributed by atoms with van der Waals surface area (Å²) in [6.07, 6.45) is 1.65. The summed E-state index contributed by atoms with van der Waals surface area (Å²) in [5.41, 5.74) is 1.25. The van der Waals surface area contributed by atoms with Gasteiger partial charge in [-0.1, -0.05) is 11.6 Å². The van der Waals surface area contributed by atoms with Crippen LogP contribution >= 0.6 is 11.6 Å². The fraction of sp³-hybridized carbons (Fsp3) is 0.0769. The van der Waals surface area contributed by atoms with Crippen molar-refractivity contribution in [1.82, 2.24) is 20.2 Å². The summed E-state index contributed by atoms with van der Waals surface area (Å²) in [5.74, 6) is 0.286. The number of hydrogen-bond donors (Lipinski definition) is 2. The van der Waals surface area contributed by atoms with Crippen LogP contribution in [0.1, 0.15) is 16.4 Å². The third kappa shape index (κ3) is 2.21. The fourth-order valence-electron chi connectivity index (χ4n) is 1.87. The molecular formula is C13H10ClN5O. The molecule has 0 atom stereocenters. The van der Waals surface area contributed by atoms with Gasteiger partial charge in [0.1, 0.15) is 5.82 Å². The minimum atomic E-state index is -0.387. The van der Waals surface area contributed by atoms with Crippen molar-refractivity contribution in [3.63, 3.8) is 0 Å². The van der Waals surface area contributed by atoms with Gasteiger partial charge in [0.05, 0.1) is 16.2 Å². The predicted molar refractivity (Wildman–Crippen MR) is 75.8 cm³/mol. The van der Waals surface area contributed by atoms with Gasteiger partial charge in [0.2, 0.25) is 5.82 Å². The van der Waals surface area contributed by atoms with E-state index in [-0.39, 0.29) is 11.7 Å². The fourth-order valence-corrected chi connectivity index (χ4v) is 2.08. The van der Waals surface area contributed by atoms with E-state index in [0.717, 1.165) is 5.39 Å². The second kappa shape index (κ2) is 4.90. The lowest BCUT2D eigenvalue weighted by Crippen LogP contribution is -2.14. The zero-order valence-electron chi connectivity index (χ0n) is 10.5. The Morgan fingerprint density at radius 2 is 2.20 bits per heavy atom. The first-order valence-electron chi connectivity index (χ1n) is 5.89. The van der Waals surface area contributed by atoms with Crippen molar-refractivity contribution in [2.75, 3.05) is 5.32 Å². The highest BCUT2D eigenvalue weighted by Gasteiger charge is 2.13. The molecular weight excluding hydrogens is 278 g/mol. The number of aryl methyl sites for hydroxylation is 1. The molecule has 20 heavy (non-hydrogen) atoms. The molecule has 0 aliphatic heterocycles. The standard InChI is InChI=1S/C13H10ClN5O/c1-7-16-12(19-18-7)13(20)17-10-5-4-9(14)11-8(10)3-2-6-15-11/h2-6H,1H3,(H,17,20)(H,16,18,19). The Kier molecular flexibility index (Phi) is 3.08. The van der Waals surface area contributed by atoms with E-state index in [1.807, 2.05) is 6.07 Å². The molecule has 0 aliphatic carbocycles. The van der Waals surface area contributed by atoms with Gasteiger partial charge in [-0.15, -0.1) is 5.10 Å². The van der Waals surface area contributed by atoms with E-state index < -0.39 is 0 Å². The smallest absolute Gasteiger partial charge is 0.295 e. The number of fused-ring (bicyclic) bond motifs is 1. The van der Waals surface area contributed by atoms with Gasteiger partial charge in [-0.25, -0.2) is 4.98 Å². The molecule has 0 bridgehead atoms. The van der Waals surface area contributed by atoms with Crippen LogP contribution in [0.5, 0.6) is 0 Å². The van der Waals surface area contributed by atoms with Crippen molar-refractivity contribution < 1.29 is 4.79 Å². The van der Waals surface area contributed by atoms with Crippen LogP contribution in [0.25, 0.3) is 10.9 Å². The summed E-state index contributed by atoms with van der Waals surface area (Å²) in [7, 11) is 0. The van der Waals surface area contributed by atoms with Gasteiger partial charge in [0, 0.05) is 11.6 Å². The summed E-state index contributed by atoms with van der Waals surface area (Å²) in [4.78, 5) is 20.2. The summed E-state index contributed by atoms with van der Waals surface area (Å²) in [6.45, 7) is 1.73. The summed E-state index contributed by atoms with van der Waals surface area (Å²) < 4.78 is 0. The van der Waals surface area contributed by atoms with Gasteiger partial charge in [0.25, 0.3) is 5.91 Å². The molecule has 7 heteroatoms. The van der Waals surface area contributed by atoms with Crippen molar-refractivity contribution in [2.24, 2.45) is 0 Å². The minimum absolute atomic E-state index is 0.0921. The Hall–Kier alpha value is -2.47. The first-order chi connectivity index (χ1) is 9.65. The molecule has 2 heterocycles. The van der Waals surface area contributed by atoms with Crippen LogP contribution in [0.3, 0.4) is 0 Å². The second-order valence-electron chi connectivity index (χ2n) is 4.19. The van der Waals surface area contributed by atoms with Gasteiger partial charge < -0.3 is 5.32 Å². The van der Waals surface area contributed by atoms with Gasteiger partial charge in [-0.3, -0.25) is 14.9 Å². The van der Waals surface area contributed by atoms with E-state index in [0.29, 0.717) is 22.1 Å². The Morgan fingerprint density at radius 1 is 1.35 bits per heavy atom. The van der Waals surface area contributed by atoms with Crippen LogP contribution in [0, 0.1) is 6.92 Å². The number of benzene rings is 1. The van der Waals surface area contributed by atoms with Crippen LogP contribution in [-0.2, 0) is 0 Å². The number of hydrogen-bond acceptors (Lipinski definition) is 4. The quantitative estimate of drug-likeness (QED) is 0.759. The minimum Gasteiger partial charge on any atom is -0.319 e. The molecule has 0 saturated heterocycles. The summed E-state index contributed by atoms with van der Waals surface area (Å²) >= 11 is 6.08. The van der Waals surface area contributed by atoms with E-state index in [1.165, 1.54) is 0 Å². The Balaban J connectivity index is 1.99. The average molecular weight is 288 g/mol. The van der Waals surface area contributed by atoms with E-state index in [9.17, 15) is 4.79 Å². The molecule has 3 aromatic rings. The number of aromatic nitrogens is 4. The maximum atomic E-state index is 12.0. The topological polar surface area (TPSA) is 83.6 Å². The van der Waals surface area contributed by atoms with Crippen LogP contribution in [0.4, 0.5) is 5.69 Å². The van der Waals surface area contributed by atoms with Crippen LogP contribution < -0.4 is 5.32 Å². The number of anilines is 1. The normalized spacial score (nSPS) is 10.7. The molecule has 0 saturated carbocycles. The first-order valence-corrected chi connectivity index (χ1v) is 6.26. The molecule has 6 nitrogen and oxygen atoms in total. The van der Waals surface area contributed by atoms with Crippen LogP contribution in [0.15, 0.2) is 30.5 Å². The number of nitrogens with zero attached hydrogens (tertiary/aromatic N) is 3. The first kappa shape index (κ1) is 12.6. The van der Waals surface area contributed by atoms with Crippen LogP contribution in [0.2, 0.25) is 5.02 Å². The van der Waals surface area contributed by atoms with Crippen molar-refractivity contribution in [3.05, 3.63) is 47.1 Å². The second-order valence-corrected chi connectivity index (χ2v) is 4.60. The molecule has 1 amide bonds. The number of amides is 1. The highest BCUT2D eigenvalue weighted by molar-refractivity contribution is 6.35. The van der Waals surface area contributed by atoms with E-state index >= 15 is 0 Å². The number of aromatic amines is 1. The summed E-state index contributed by atoms with van der Waals surface area (Å²) in [5, 5.41) is 10.5. The zero-order chi connectivity index (χ0) is 14.1. The molecule has 1 aromatic carbocycles. The number of carbonyl (C=O) groups excluding carboxylic acids is 1. The Labute approximate surface area is 119 Å². The Bertz CT molecular complexity index is 798. The number of H-pyrrole nitrogens is 1. The number of carbonyl (C=O) groups is 1.